The molecule has 0 aromatic carbocycles. The maximum Gasteiger partial charge on any atom is 0.260 e. The molecule has 3 aromatic rings. The molecule has 0 fully saturated rings. The summed E-state index contributed by atoms with van der Waals surface area (Å²) in [5.41, 5.74) is 6.53. The van der Waals surface area contributed by atoms with Crippen LogP contribution in [0.1, 0.15) is 5.69 Å². The average Bonchev–Trinajstić information content (AvgIpc) is 3.04. The number of aryl methyl sites for hydroxylation is 1. The third kappa shape index (κ3) is 2.64. The van der Waals surface area contributed by atoms with Crippen LogP contribution in [0.25, 0.3) is 4.96 Å². The molecule has 0 amide bonds. The molecule has 3 aromatic heterocycles. The minimum Gasteiger partial charge on any atom is -0.381 e. The van der Waals surface area contributed by atoms with Crippen molar-refractivity contribution in [3.8, 4) is 0 Å². The van der Waals surface area contributed by atoms with Crippen LogP contribution in [0.2, 0.25) is 0 Å². The van der Waals surface area contributed by atoms with Crippen LogP contribution in [-0.4, -0.2) is 34.1 Å². The number of nitrogens with zero attached hydrogens (tertiary/aromatic N) is 4. The van der Waals surface area contributed by atoms with Gasteiger partial charge in [0.2, 0.25) is 0 Å². The highest BCUT2D eigenvalue weighted by molar-refractivity contribution is 7.89. The van der Waals surface area contributed by atoms with Gasteiger partial charge in [-0.05, 0) is 6.07 Å². The summed E-state index contributed by atoms with van der Waals surface area (Å²) in [6.45, 7) is 0.246. The molecular formula is C11H14N6O2S2. The normalized spacial score (nSPS) is 12.2. The van der Waals surface area contributed by atoms with Crippen molar-refractivity contribution in [3.05, 3.63) is 29.5 Å². The van der Waals surface area contributed by atoms with Crippen LogP contribution < -0.4 is 10.5 Å². The van der Waals surface area contributed by atoms with E-state index in [0.29, 0.717) is 11.4 Å². The number of hydrogen-bond acceptors (Lipinski definition) is 6. The number of anilines is 1. The number of nitrogens with one attached hydrogen (secondary N) is 1. The number of aromatic nitrogens is 4. The highest BCUT2D eigenvalue weighted by Crippen LogP contribution is 2.22. The Kier molecular flexibility index (Phi) is 3.43. The van der Waals surface area contributed by atoms with E-state index in [1.807, 2.05) is 19.3 Å². The lowest BCUT2D eigenvalue weighted by molar-refractivity contribution is 0.576. The molecular weight excluding hydrogens is 312 g/mol. The maximum atomic E-state index is 12.3. The van der Waals surface area contributed by atoms with Crippen LogP contribution in [0.3, 0.4) is 0 Å². The zero-order valence-corrected chi connectivity index (χ0v) is 12.9. The van der Waals surface area contributed by atoms with E-state index in [-0.39, 0.29) is 17.4 Å². The molecule has 8 nitrogen and oxygen atoms in total. The van der Waals surface area contributed by atoms with Gasteiger partial charge in [0, 0.05) is 37.8 Å². The molecule has 0 bridgehead atoms. The monoisotopic (exact) mass is 326 g/mol. The van der Waals surface area contributed by atoms with E-state index in [1.54, 1.807) is 16.3 Å². The number of nitrogens with two attached hydrogens (primary N) is 1. The Morgan fingerprint density at radius 2 is 2.24 bits per heavy atom. The topological polar surface area (TPSA) is 107 Å². The van der Waals surface area contributed by atoms with Crippen molar-refractivity contribution in [2.45, 2.75) is 11.4 Å². The quantitative estimate of drug-likeness (QED) is 0.698. The molecule has 0 aliphatic heterocycles. The second-order valence-corrected chi connectivity index (χ2v) is 7.04. The van der Waals surface area contributed by atoms with Crippen molar-refractivity contribution in [1.29, 1.82) is 0 Å². The van der Waals surface area contributed by atoms with Gasteiger partial charge in [-0.25, -0.2) is 18.1 Å². The molecule has 3 heterocycles. The van der Waals surface area contributed by atoms with Gasteiger partial charge < -0.3 is 5.73 Å². The third-order valence-corrected chi connectivity index (χ3v) is 5.20. The zero-order chi connectivity index (χ0) is 15.0. The van der Waals surface area contributed by atoms with E-state index < -0.39 is 10.0 Å². The fourth-order valence-electron chi connectivity index (χ4n) is 2.03. The zero-order valence-electron chi connectivity index (χ0n) is 11.2. The molecule has 0 radical (unpaired) electrons. The predicted octanol–water partition coefficient (Wildman–Crippen LogP) is 0.232. The molecule has 0 atom stereocenters. The maximum absolute atomic E-state index is 12.3. The lowest BCUT2D eigenvalue weighted by atomic mass is 10.3. The molecule has 0 aliphatic rings. The predicted molar refractivity (Wildman–Crippen MR) is 79.6 cm³/mol. The summed E-state index contributed by atoms with van der Waals surface area (Å²) < 4.78 is 30.4. The summed E-state index contributed by atoms with van der Waals surface area (Å²) in [7, 11) is -1.90. The van der Waals surface area contributed by atoms with Crippen LogP contribution in [0, 0.1) is 0 Å². The van der Waals surface area contributed by atoms with Gasteiger partial charge >= 0.3 is 0 Å². The fraction of sp³-hybridized carbons (Fsp3) is 0.273. The van der Waals surface area contributed by atoms with Gasteiger partial charge in [-0.1, -0.05) is 0 Å². The Morgan fingerprint density at radius 1 is 1.43 bits per heavy atom. The Morgan fingerprint density at radius 3 is 2.95 bits per heavy atom. The van der Waals surface area contributed by atoms with Crippen LogP contribution in [-0.2, 0) is 23.5 Å². The summed E-state index contributed by atoms with van der Waals surface area (Å²) in [5.74, 6) is 0.00665. The molecule has 10 heteroatoms. The van der Waals surface area contributed by atoms with Crippen molar-refractivity contribution in [2.75, 3.05) is 12.3 Å². The number of thiazole rings is 1. The number of imidazole rings is 1. The molecule has 0 aliphatic carbocycles. The SMILES string of the molecule is Cn1ccc(CCNS(=O)(=O)c2c(N)nc3sccn23)n1. The Bertz CT molecular complexity index is 876. The summed E-state index contributed by atoms with van der Waals surface area (Å²) in [5, 5.41) is 5.94. The first-order chi connectivity index (χ1) is 9.97. The average molecular weight is 326 g/mol. The minimum atomic E-state index is -3.71. The summed E-state index contributed by atoms with van der Waals surface area (Å²) >= 11 is 1.33. The van der Waals surface area contributed by atoms with Crippen molar-refractivity contribution in [3.63, 3.8) is 0 Å². The van der Waals surface area contributed by atoms with Gasteiger partial charge in [0.05, 0.1) is 5.69 Å². The summed E-state index contributed by atoms with van der Waals surface area (Å²) in [4.78, 5) is 4.59. The molecule has 112 valence electrons. The first kappa shape index (κ1) is 14.0. The van der Waals surface area contributed by atoms with Crippen molar-refractivity contribution >= 4 is 32.1 Å². The van der Waals surface area contributed by atoms with E-state index in [0.717, 1.165) is 5.69 Å². The van der Waals surface area contributed by atoms with Crippen molar-refractivity contribution in [1.82, 2.24) is 23.9 Å². The van der Waals surface area contributed by atoms with Gasteiger partial charge in [0.15, 0.2) is 15.8 Å². The Balaban J connectivity index is 1.77. The van der Waals surface area contributed by atoms with Gasteiger partial charge in [-0.3, -0.25) is 9.08 Å². The number of fused-ring (bicyclic) bond motifs is 1. The molecule has 0 spiro atoms. The van der Waals surface area contributed by atoms with Gasteiger partial charge in [-0.15, -0.1) is 11.3 Å². The van der Waals surface area contributed by atoms with E-state index in [4.69, 9.17) is 5.73 Å². The summed E-state index contributed by atoms with van der Waals surface area (Å²) in [6, 6.07) is 1.85. The number of nitrogen functional groups attached to an aromatic ring is 1. The molecule has 3 rings (SSSR count). The lowest BCUT2D eigenvalue weighted by Crippen LogP contribution is -2.27. The largest absolute Gasteiger partial charge is 0.381 e. The van der Waals surface area contributed by atoms with Gasteiger partial charge in [0.25, 0.3) is 10.0 Å². The molecule has 0 saturated carbocycles. The molecule has 0 unspecified atom stereocenters. The molecule has 21 heavy (non-hydrogen) atoms. The minimum absolute atomic E-state index is 0.00665. The number of sulfonamides is 1. The highest BCUT2D eigenvalue weighted by atomic mass is 32.2. The van der Waals surface area contributed by atoms with Crippen LogP contribution >= 0.6 is 11.3 Å². The Hall–Kier alpha value is -1.91. The third-order valence-electron chi connectivity index (χ3n) is 2.94. The van der Waals surface area contributed by atoms with Crippen LogP contribution in [0.15, 0.2) is 28.9 Å². The van der Waals surface area contributed by atoms with Crippen LogP contribution in [0.4, 0.5) is 5.82 Å². The van der Waals surface area contributed by atoms with E-state index in [2.05, 4.69) is 14.8 Å². The first-order valence-corrected chi connectivity index (χ1v) is 8.53. The van der Waals surface area contributed by atoms with Crippen molar-refractivity contribution in [2.24, 2.45) is 7.05 Å². The van der Waals surface area contributed by atoms with Crippen molar-refractivity contribution < 1.29 is 8.42 Å². The fourth-order valence-corrected chi connectivity index (χ4v) is 4.04. The second kappa shape index (κ2) is 5.13. The number of hydrogen-bond donors (Lipinski definition) is 2. The summed E-state index contributed by atoms with van der Waals surface area (Å²) in [6.07, 6.45) is 3.95. The highest BCUT2D eigenvalue weighted by Gasteiger charge is 2.24. The molecule has 3 N–H and O–H groups in total. The van der Waals surface area contributed by atoms with Gasteiger partial charge in [0.1, 0.15) is 0 Å². The van der Waals surface area contributed by atoms with Gasteiger partial charge in [-0.2, -0.15) is 5.10 Å². The van der Waals surface area contributed by atoms with E-state index in [9.17, 15) is 8.42 Å². The smallest absolute Gasteiger partial charge is 0.260 e. The first-order valence-electron chi connectivity index (χ1n) is 6.16. The van der Waals surface area contributed by atoms with Crippen LogP contribution in [0.5, 0.6) is 0 Å². The standard InChI is InChI=1S/C11H14N6O2S2/c1-16-5-3-8(15-16)2-4-13-21(18,19)10-9(12)14-11-17(10)6-7-20-11/h3,5-7,13H,2,4,12H2,1H3. The van der Waals surface area contributed by atoms with E-state index in [1.165, 1.54) is 15.7 Å². The van der Waals surface area contributed by atoms with E-state index >= 15 is 0 Å². The molecule has 0 saturated heterocycles. The number of rotatable bonds is 5. The Labute approximate surface area is 125 Å². The second-order valence-electron chi connectivity index (χ2n) is 4.49. The lowest BCUT2D eigenvalue weighted by Gasteiger charge is -2.05.